The maximum atomic E-state index is 11.2. The molecule has 120 valence electrons. The number of morpholine rings is 1. The Morgan fingerprint density at radius 2 is 2.00 bits per heavy atom. The van der Waals surface area contributed by atoms with Crippen LogP contribution in [0.1, 0.15) is 11.8 Å². The van der Waals surface area contributed by atoms with Gasteiger partial charge in [-0.1, -0.05) is 12.1 Å². The number of hydrogen-bond acceptors (Lipinski definition) is 6. The van der Waals surface area contributed by atoms with Crippen molar-refractivity contribution >= 4 is 22.7 Å². The summed E-state index contributed by atoms with van der Waals surface area (Å²) in [5.74, 6) is 0. The van der Waals surface area contributed by atoms with E-state index in [1.807, 2.05) is 30.1 Å². The van der Waals surface area contributed by atoms with E-state index < -0.39 is 0 Å². The van der Waals surface area contributed by atoms with Crippen molar-refractivity contribution in [1.82, 2.24) is 5.01 Å². The van der Waals surface area contributed by atoms with Crippen LogP contribution in [0, 0.1) is 10.1 Å². The standard InChI is InChI=1S/C16H17N3O3S/c1-12(17-18-8-10-22-11-9-18)15-6-7-16(23-15)13-4-2-3-5-14(13)19(20)21/h2-7H,8-11H2,1H3. The Labute approximate surface area is 138 Å². The van der Waals surface area contributed by atoms with Crippen LogP contribution in [-0.2, 0) is 4.74 Å². The van der Waals surface area contributed by atoms with Crippen molar-refractivity contribution < 1.29 is 9.66 Å². The van der Waals surface area contributed by atoms with Crippen LogP contribution in [0.2, 0.25) is 0 Å². The molecule has 0 bridgehead atoms. The molecule has 6 nitrogen and oxygen atoms in total. The highest BCUT2D eigenvalue weighted by molar-refractivity contribution is 7.17. The van der Waals surface area contributed by atoms with Crippen LogP contribution in [0.15, 0.2) is 41.5 Å². The van der Waals surface area contributed by atoms with Crippen molar-refractivity contribution in [2.75, 3.05) is 26.3 Å². The minimum Gasteiger partial charge on any atom is -0.378 e. The minimum atomic E-state index is -0.344. The van der Waals surface area contributed by atoms with Gasteiger partial charge in [0.05, 0.1) is 47.4 Å². The summed E-state index contributed by atoms with van der Waals surface area (Å²) >= 11 is 1.52. The van der Waals surface area contributed by atoms with Gasteiger partial charge in [0.25, 0.3) is 5.69 Å². The maximum Gasteiger partial charge on any atom is 0.278 e. The van der Waals surface area contributed by atoms with E-state index in [1.54, 1.807) is 12.1 Å². The monoisotopic (exact) mass is 331 g/mol. The van der Waals surface area contributed by atoms with Gasteiger partial charge in [-0.15, -0.1) is 11.3 Å². The first-order valence-electron chi connectivity index (χ1n) is 7.37. The molecule has 1 aliphatic rings. The molecular weight excluding hydrogens is 314 g/mol. The maximum absolute atomic E-state index is 11.2. The van der Waals surface area contributed by atoms with E-state index in [9.17, 15) is 10.1 Å². The molecule has 0 unspecified atom stereocenters. The van der Waals surface area contributed by atoms with Gasteiger partial charge < -0.3 is 4.74 Å². The number of ether oxygens (including phenoxy) is 1. The number of hydrazone groups is 1. The minimum absolute atomic E-state index is 0.128. The molecule has 1 saturated heterocycles. The Morgan fingerprint density at radius 1 is 1.26 bits per heavy atom. The molecule has 23 heavy (non-hydrogen) atoms. The summed E-state index contributed by atoms with van der Waals surface area (Å²) in [6, 6.07) is 10.7. The zero-order valence-electron chi connectivity index (χ0n) is 12.8. The van der Waals surface area contributed by atoms with Crippen LogP contribution in [0.25, 0.3) is 10.4 Å². The summed E-state index contributed by atoms with van der Waals surface area (Å²) < 4.78 is 5.31. The largest absolute Gasteiger partial charge is 0.378 e. The second-order valence-corrected chi connectivity index (χ2v) is 6.27. The molecule has 2 heterocycles. The van der Waals surface area contributed by atoms with Gasteiger partial charge in [0.15, 0.2) is 0 Å². The molecule has 3 rings (SSSR count). The highest BCUT2D eigenvalue weighted by Crippen LogP contribution is 2.34. The number of nitro groups is 1. The van der Waals surface area contributed by atoms with Gasteiger partial charge in [-0.05, 0) is 25.1 Å². The topological polar surface area (TPSA) is 68.0 Å². The van der Waals surface area contributed by atoms with Crippen LogP contribution in [0.3, 0.4) is 0 Å². The predicted molar refractivity (Wildman–Crippen MR) is 91.0 cm³/mol. The number of thiophene rings is 1. The van der Waals surface area contributed by atoms with Gasteiger partial charge in [-0.3, -0.25) is 15.1 Å². The van der Waals surface area contributed by atoms with Crippen LogP contribution in [0.5, 0.6) is 0 Å². The molecule has 0 saturated carbocycles. The third-order valence-electron chi connectivity index (χ3n) is 3.61. The van der Waals surface area contributed by atoms with Crippen molar-refractivity contribution in [3.05, 3.63) is 51.4 Å². The fourth-order valence-corrected chi connectivity index (χ4v) is 3.41. The van der Waals surface area contributed by atoms with Gasteiger partial charge in [0.2, 0.25) is 0 Å². The lowest BCUT2D eigenvalue weighted by atomic mass is 10.1. The first-order valence-corrected chi connectivity index (χ1v) is 8.18. The molecule has 0 amide bonds. The lowest BCUT2D eigenvalue weighted by Crippen LogP contribution is -2.32. The second kappa shape index (κ2) is 6.89. The van der Waals surface area contributed by atoms with Crippen molar-refractivity contribution in [2.24, 2.45) is 5.10 Å². The SMILES string of the molecule is CC(=NN1CCOCC1)c1ccc(-c2ccccc2[N+](=O)[O-])s1. The molecule has 0 aliphatic carbocycles. The second-order valence-electron chi connectivity index (χ2n) is 5.19. The Balaban J connectivity index is 1.86. The third-order valence-corrected chi connectivity index (χ3v) is 4.84. The van der Waals surface area contributed by atoms with E-state index in [4.69, 9.17) is 4.74 Å². The Kier molecular flexibility index (Phi) is 4.68. The van der Waals surface area contributed by atoms with E-state index in [0.717, 1.165) is 28.6 Å². The number of hydrogen-bond donors (Lipinski definition) is 0. The molecular formula is C16H17N3O3S. The molecule has 0 spiro atoms. The quantitative estimate of drug-likeness (QED) is 0.489. The molecule has 2 aromatic rings. The Hall–Kier alpha value is -2.25. The Morgan fingerprint density at radius 3 is 2.74 bits per heavy atom. The summed E-state index contributed by atoms with van der Waals surface area (Å²) in [5.41, 5.74) is 1.69. The zero-order valence-corrected chi connectivity index (χ0v) is 13.6. The van der Waals surface area contributed by atoms with Gasteiger partial charge in [-0.2, -0.15) is 5.10 Å². The lowest BCUT2D eigenvalue weighted by molar-refractivity contribution is -0.384. The Bertz CT molecular complexity index is 736. The molecule has 7 heteroatoms. The van der Waals surface area contributed by atoms with Crippen molar-refractivity contribution in [1.29, 1.82) is 0 Å². The summed E-state index contributed by atoms with van der Waals surface area (Å²) in [6.07, 6.45) is 0. The molecule has 1 fully saturated rings. The summed E-state index contributed by atoms with van der Waals surface area (Å²) in [5, 5.41) is 17.8. The van der Waals surface area contributed by atoms with Crippen LogP contribution < -0.4 is 0 Å². The fourth-order valence-electron chi connectivity index (χ4n) is 2.43. The molecule has 0 radical (unpaired) electrons. The van der Waals surface area contributed by atoms with Gasteiger partial charge in [0, 0.05) is 10.9 Å². The van der Waals surface area contributed by atoms with E-state index in [2.05, 4.69) is 5.10 Å². The first kappa shape index (κ1) is 15.6. The molecule has 0 atom stereocenters. The average molecular weight is 331 g/mol. The number of rotatable bonds is 4. The third kappa shape index (κ3) is 3.57. The number of para-hydroxylation sites is 1. The number of nitrogens with zero attached hydrogens (tertiary/aromatic N) is 3. The number of benzene rings is 1. The molecule has 1 aliphatic heterocycles. The predicted octanol–water partition coefficient (Wildman–Crippen LogP) is 3.38. The fraction of sp³-hybridized carbons (Fsp3) is 0.312. The van der Waals surface area contributed by atoms with E-state index >= 15 is 0 Å². The van der Waals surface area contributed by atoms with Gasteiger partial charge in [-0.25, -0.2) is 0 Å². The lowest BCUT2D eigenvalue weighted by Gasteiger charge is -2.24. The molecule has 1 aromatic carbocycles. The summed E-state index contributed by atoms with van der Waals surface area (Å²) in [4.78, 5) is 12.7. The van der Waals surface area contributed by atoms with Crippen LogP contribution in [-0.4, -0.2) is 41.9 Å². The van der Waals surface area contributed by atoms with Crippen LogP contribution >= 0.6 is 11.3 Å². The van der Waals surface area contributed by atoms with E-state index in [0.29, 0.717) is 18.8 Å². The highest BCUT2D eigenvalue weighted by atomic mass is 32.1. The normalized spacial score (nSPS) is 15.7. The summed E-state index contributed by atoms with van der Waals surface area (Å²) in [6.45, 7) is 4.94. The summed E-state index contributed by atoms with van der Waals surface area (Å²) in [7, 11) is 0. The van der Waals surface area contributed by atoms with Gasteiger partial charge in [0.1, 0.15) is 0 Å². The van der Waals surface area contributed by atoms with Crippen molar-refractivity contribution in [3.63, 3.8) is 0 Å². The zero-order chi connectivity index (χ0) is 16.2. The first-order chi connectivity index (χ1) is 11.1. The molecule has 0 N–H and O–H groups in total. The molecule has 1 aromatic heterocycles. The van der Waals surface area contributed by atoms with Crippen molar-refractivity contribution in [2.45, 2.75) is 6.92 Å². The van der Waals surface area contributed by atoms with Crippen molar-refractivity contribution in [3.8, 4) is 10.4 Å². The van der Waals surface area contributed by atoms with Gasteiger partial charge >= 0.3 is 0 Å². The average Bonchev–Trinajstić information content (AvgIpc) is 3.06. The van der Waals surface area contributed by atoms with E-state index in [1.165, 1.54) is 17.4 Å². The highest BCUT2D eigenvalue weighted by Gasteiger charge is 2.16. The van der Waals surface area contributed by atoms with Crippen LogP contribution in [0.4, 0.5) is 5.69 Å². The smallest absolute Gasteiger partial charge is 0.278 e. The number of nitro benzene ring substituents is 1. The van der Waals surface area contributed by atoms with E-state index in [-0.39, 0.29) is 10.6 Å².